The fourth-order valence-electron chi connectivity index (χ4n) is 4.80. The van der Waals surface area contributed by atoms with Crippen molar-refractivity contribution in [2.75, 3.05) is 14.2 Å². The molecule has 0 atom stereocenters. The maximum Gasteiger partial charge on any atom is 0.126 e. The maximum atomic E-state index is 5.69. The minimum atomic E-state index is -0.0143. The summed E-state index contributed by atoms with van der Waals surface area (Å²) in [4.78, 5) is 0. The molecule has 0 unspecified atom stereocenters. The molecule has 2 heteroatoms. The first-order valence-electron chi connectivity index (χ1n) is 11.3. The van der Waals surface area contributed by atoms with Crippen molar-refractivity contribution in [2.24, 2.45) is 0 Å². The van der Waals surface area contributed by atoms with E-state index in [1.807, 2.05) is 0 Å². The van der Waals surface area contributed by atoms with E-state index in [9.17, 15) is 0 Å². The molecule has 0 spiro atoms. The van der Waals surface area contributed by atoms with Crippen molar-refractivity contribution in [2.45, 2.75) is 52.4 Å². The predicted molar refractivity (Wildman–Crippen MR) is 137 cm³/mol. The smallest absolute Gasteiger partial charge is 0.126 e. The number of hydrogen-bond acceptors (Lipinski definition) is 2. The van der Waals surface area contributed by atoms with E-state index < -0.39 is 0 Å². The zero-order valence-corrected chi connectivity index (χ0v) is 20.6. The van der Waals surface area contributed by atoms with Crippen LogP contribution in [0.1, 0.15) is 52.7 Å². The van der Waals surface area contributed by atoms with E-state index in [0.29, 0.717) is 0 Å². The van der Waals surface area contributed by atoms with Crippen molar-refractivity contribution < 1.29 is 9.47 Å². The Morgan fingerprint density at radius 1 is 0.594 bits per heavy atom. The summed E-state index contributed by atoms with van der Waals surface area (Å²) in [5.74, 6) is 1.80. The van der Waals surface area contributed by atoms with Crippen molar-refractivity contribution >= 4 is 21.5 Å². The summed E-state index contributed by atoms with van der Waals surface area (Å²) in [6, 6.07) is 21.9. The highest BCUT2D eigenvalue weighted by Crippen LogP contribution is 2.42. The Balaban J connectivity index is 2.05. The van der Waals surface area contributed by atoms with Gasteiger partial charge in [-0.15, -0.1) is 0 Å². The first-order valence-corrected chi connectivity index (χ1v) is 11.3. The summed E-state index contributed by atoms with van der Waals surface area (Å²) in [5.41, 5.74) is 5.23. The number of ether oxygens (including phenoxy) is 2. The Kier molecular flexibility index (Phi) is 5.45. The first-order chi connectivity index (χ1) is 15.0. The van der Waals surface area contributed by atoms with E-state index in [-0.39, 0.29) is 10.8 Å². The lowest BCUT2D eigenvalue weighted by atomic mass is 9.78. The lowest BCUT2D eigenvalue weighted by Crippen LogP contribution is -2.14. The van der Waals surface area contributed by atoms with Crippen LogP contribution in [0.4, 0.5) is 0 Å². The Morgan fingerprint density at radius 2 is 1.31 bits per heavy atom. The molecule has 0 radical (unpaired) electrons. The summed E-state index contributed by atoms with van der Waals surface area (Å²) < 4.78 is 11.2. The van der Waals surface area contributed by atoms with E-state index in [1.165, 1.54) is 38.4 Å². The summed E-state index contributed by atoms with van der Waals surface area (Å²) in [5, 5.41) is 4.89. The van der Waals surface area contributed by atoms with Gasteiger partial charge in [0.2, 0.25) is 0 Å². The lowest BCUT2D eigenvalue weighted by Gasteiger charge is -2.27. The minimum absolute atomic E-state index is 0.0143. The molecule has 0 fully saturated rings. The Hall–Kier alpha value is -3.00. The van der Waals surface area contributed by atoms with Crippen LogP contribution in [0.3, 0.4) is 0 Å². The van der Waals surface area contributed by atoms with Gasteiger partial charge >= 0.3 is 0 Å². The molecule has 4 rings (SSSR count). The fraction of sp³-hybridized carbons (Fsp3) is 0.333. The number of rotatable bonds is 3. The van der Waals surface area contributed by atoms with Crippen molar-refractivity contribution in [3.8, 4) is 22.6 Å². The molecule has 0 aliphatic rings. The minimum Gasteiger partial charge on any atom is -0.497 e. The third kappa shape index (κ3) is 3.83. The van der Waals surface area contributed by atoms with Gasteiger partial charge in [-0.2, -0.15) is 0 Å². The van der Waals surface area contributed by atoms with Crippen LogP contribution >= 0.6 is 0 Å². The fourth-order valence-corrected chi connectivity index (χ4v) is 4.80. The second-order valence-corrected chi connectivity index (χ2v) is 10.7. The van der Waals surface area contributed by atoms with Crippen molar-refractivity contribution in [1.82, 2.24) is 0 Å². The molecule has 0 aliphatic heterocycles. The highest BCUT2D eigenvalue weighted by Gasteiger charge is 2.24. The molecule has 0 aromatic heterocycles. The van der Waals surface area contributed by atoms with Gasteiger partial charge in [-0.25, -0.2) is 0 Å². The normalized spacial score (nSPS) is 12.4. The zero-order valence-electron chi connectivity index (χ0n) is 20.6. The Morgan fingerprint density at radius 3 is 1.94 bits per heavy atom. The van der Waals surface area contributed by atoms with E-state index in [1.54, 1.807) is 14.2 Å². The molecule has 0 aliphatic carbocycles. The molecular formula is C30H34O2. The second kappa shape index (κ2) is 7.85. The second-order valence-electron chi connectivity index (χ2n) is 10.7. The largest absolute Gasteiger partial charge is 0.497 e. The third-order valence-corrected chi connectivity index (χ3v) is 6.29. The molecule has 0 bridgehead atoms. The SMILES string of the molecule is COc1ccc2c(C(C)(C)C)c(-c3ccc4c(OC)ccc(C(C)(C)C)c4c3)ccc2c1. The average Bonchev–Trinajstić information content (AvgIpc) is 2.75. The molecule has 0 heterocycles. The number of hydrogen-bond donors (Lipinski definition) is 0. The van der Waals surface area contributed by atoms with Gasteiger partial charge in [-0.3, -0.25) is 0 Å². The van der Waals surface area contributed by atoms with Crippen molar-refractivity contribution in [3.63, 3.8) is 0 Å². The zero-order chi connectivity index (χ0) is 23.3. The number of methoxy groups -OCH3 is 2. The molecule has 0 saturated heterocycles. The van der Waals surface area contributed by atoms with Gasteiger partial charge in [0.25, 0.3) is 0 Å². The number of benzene rings is 4. The van der Waals surface area contributed by atoms with Crippen LogP contribution in [0.2, 0.25) is 0 Å². The van der Waals surface area contributed by atoms with Crippen molar-refractivity contribution in [1.29, 1.82) is 0 Å². The highest BCUT2D eigenvalue weighted by atomic mass is 16.5. The van der Waals surface area contributed by atoms with Gasteiger partial charge in [-0.05, 0) is 73.5 Å². The average molecular weight is 427 g/mol. The first kappa shape index (κ1) is 22.2. The standard InChI is InChI=1S/C30H34O2/c1-29(2,3)26-15-16-27(32-8)24-13-10-20(18-25(24)26)22-12-9-19-17-21(31-7)11-14-23(19)28(22)30(4,5)6/h9-18H,1-8H3. The van der Waals surface area contributed by atoms with Gasteiger partial charge in [0.1, 0.15) is 11.5 Å². The topological polar surface area (TPSA) is 18.5 Å². The molecule has 0 amide bonds. The van der Waals surface area contributed by atoms with Crippen molar-refractivity contribution in [3.05, 3.63) is 71.8 Å². The summed E-state index contributed by atoms with van der Waals surface area (Å²) >= 11 is 0. The lowest BCUT2D eigenvalue weighted by molar-refractivity contribution is 0.415. The van der Waals surface area contributed by atoms with Crippen LogP contribution in [0.15, 0.2) is 60.7 Å². The van der Waals surface area contributed by atoms with Crippen LogP contribution in [-0.4, -0.2) is 14.2 Å². The van der Waals surface area contributed by atoms with Gasteiger partial charge < -0.3 is 9.47 Å². The van der Waals surface area contributed by atoms with Crippen LogP contribution in [-0.2, 0) is 10.8 Å². The van der Waals surface area contributed by atoms with Gasteiger partial charge in [0.05, 0.1) is 14.2 Å². The van der Waals surface area contributed by atoms with Crippen LogP contribution in [0.5, 0.6) is 11.5 Å². The van der Waals surface area contributed by atoms with Gasteiger partial charge in [0, 0.05) is 5.39 Å². The molecule has 0 saturated carbocycles. The molecule has 4 aromatic carbocycles. The molecule has 4 aromatic rings. The van der Waals surface area contributed by atoms with Crippen LogP contribution in [0.25, 0.3) is 32.7 Å². The Bertz CT molecular complexity index is 1300. The molecule has 0 N–H and O–H groups in total. The van der Waals surface area contributed by atoms with E-state index in [0.717, 1.165) is 16.9 Å². The third-order valence-electron chi connectivity index (χ3n) is 6.29. The highest BCUT2D eigenvalue weighted by molar-refractivity contribution is 5.98. The van der Waals surface area contributed by atoms with E-state index in [2.05, 4.69) is 102 Å². The van der Waals surface area contributed by atoms with E-state index >= 15 is 0 Å². The maximum absolute atomic E-state index is 5.69. The molecule has 2 nitrogen and oxygen atoms in total. The summed E-state index contributed by atoms with van der Waals surface area (Å²) in [7, 11) is 3.46. The predicted octanol–water partition coefficient (Wildman–Crippen LogP) is 8.27. The monoisotopic (exact) mass is 426 g/mol. The van der Waals surface area contributed by atoms with Gasteiger partial charge in [0.15, 0.2) is 0 Å². The Labute approximate surface area is 192 Å². The molecular weight excluding hydrogens is 392 g/mol. The van der Waals surface area contributed by atoms with E-state index in [4.69, 9.17) is 9.47 Å². The molecule has 32 heavy (non-hydrogen) atoms. The quantitative estimate of drug-likeness (QED) is 0.328. The summed E-state index contributed by atoms with van der Waals surface area (Å²) in [6.07, 6.45) is 0. The van der Waals surface area contributed by atoms with Crippen LogP contribution < -0.4 is 9.47 Å². The molecule has 166 valence electrons. The number of fused-ring (bicyclic) bond motifs is 2. The summed E-state index contributed by atoms with van der Waals surface area (Å²) in [6.45, 7) is 13.7. The van der Waals surface area contributed by atoms with Gasteiger partial charge in [-0.1, -0.05) is 77.9 Å². The van der Waals surface area contributed by atoms with Crippen LogP contribution in [0, 0.1) is 0 Å².